The van der Waals surface area contributed by atoms with E-state index in [2.05, 4.69) is 12.2 Å². The smallest absolute Gasteiger partial charge is 0.312 e. The molecule has 0 amide bonds. The average Bonchev–Trinajstić information content (AvgIpc) is 2.94. The number of halogens is 3. The summed E-state index contributed by atoms with van der Waals surface area (Å²) in [7, 11) is 0. The number of nitrogens with one attached hydrogen (secondary N) is 1. The molecule has 17 heavy (non-hydrogen) atoms. The number of hydrogen-bond acceptors (Lipinski definition) is 1. The summed E-state index contributed by atoms with van der Waals surface area (Å²) in [5, 5.41) is 3.27. The number of alkyl halides is 3. The molecule has 1 fully saturated rings. The predicted molar refractivity (Wildman–Crippen MR) is 60.4 cm³/mol. The lowest BCUT2D eigenvalue weighted by atomic mass is 10.1. The van der Waals surface area contributed by atoms with Crippen molar-refractivity contribution in [1.29, 1.82) is 0 Å². The minimum absolute atomic E-state index is 0.586. The zero-order chi connectivity index (χ0) is 12.5. The summed E-state index contributed by atoms with van der Waals surface area (Å²) in [4.78, 5) is 0. The van der Waals surface area contributed by atoms with E-state index in [1.807, 2.05) is 0 Å². The van der Waals surface area contributed by atoms with Crippen LogP contribution in [0.4, 0.5) is 13.2 Å². The highest BCUT2D eigenvalue weighted by Crippen LogP contribution is 2.36. The van der Waals surface area contributed by atoms with Crippen molar-refractivity contribution < 1.29 is 13.2 Å². The topological polar surface area (TPSA) is 12.0 Å². The van der Waals surface area contributed by atoms with Crippen molar-refractivity contribution in [2.75, 3.05) is 6.54 Å². The monoisotopic (exact) mass is 243 g/mol. The van der Waals surface area contributed by atoms with Crippen LogP contribution >= 0.6 is 0 Å². The van der Waals surface area contributed by atoms with E-state index in [4.69, 9.17) is 0 Å². The molecule has 2 rings (SSSR count). The number of benzene rings is 1. The lowest BCUT2D eigenvalue weighted by Gasteiger charge is -2.08. The van der Waals surface area contributed by atoms with Crippen molar-refractivity contribution in [2.45, 2.75) is 26.1 Å². The third-order valence-corrected chi connectivity index (χ3v) is 3.29. The van der Waals surface area contributed by atoms with E-state index < -0.39 is 11.7 Å². The first-order chi connectivity index (χ1) is 7.97. The standard InChI is InChI=1S/C13H16F3N/c1-9-6-11(9)8-17-7-10-2-4-12(5-3-10)13(14,15)16/h2-5,9,11,17H,6-8H2,1H3. The Balaban J connectivity index is 1.81. The highest BCUT2D eigenvalue weighted by molar-refractivity contribution is 5.24. The third-order valence-electron chi connectivity index (χ3n) is 3.29. The maximum absolute atomic E-state index is 12.3. The van der Waals surface area contributed by atoms with Gasteiger partial charge in [-0.1, -0.05) is 19.1 Å². The van der Waals surface area contributed by atoms with Gasteiger partial charge < -0.3 is 5.32 Å². The number of rotatable bonds is 4. The van der Waals surface area contributed by atoms with Gasteiger partial charge in [-0.25, -0.2) is 0 Å². The maximum atomic E-state index is 12.3. The Morgan fingerprint density at radius 2 is 1.82 bits per heavy atom. The fourth-order valence-electron chi connectivity index (χ4n) is 1.90. The molecule has 94 valence electrons. The molecular formula is C13H16F3N. The van der Waals surface area contributed by atoms with Gasteiger partial charge >= 0.3 is 6.18 Å². The van der Waals surface area contributed by atoms with Crippen molar-refractivity contribution in [3.8, 4) is 0 Å². The first kappa shape index (κ1) is 12.4. The van der Waals surface area contributed by atoms with E-state index in [1.54, 1.807) is 0 Å². The number of hydrogen-bond donors (Lipinski definition) is 1. The van der Waals surface area contributed by atoms with Gasteiger partial charge in [-0.15, -0.1) is 0 Å². The van der Waals surface area contributed by atoms with Crippen molar-refractivity contribution in [1.82, 2.24) is 5.32 Å². The fraction of sp³-hybridized carbons (Fsp3) is 0.538. The molecule has 1 aromatic rings. The first-order valence-corrected chi connectivity index (χ1v) is 5.83. The van der Waals surface area contributed by atoms with Crippen LogP contribution in [0.5, 0.6) is 0 Å². The van der Waals surface area contributed by atoms with Crippen molar-refractivity contribution in [2.24, 2.45) is 11.8 Å². The highest BCUT2D eigenvalue weighted by atomic mass is 19.4. The highest BCUT2D eigenvalue weighted by Gasteiger charge is 2.31. The lowest BCUT2D eigenvalue weighted by molar-refractivity contribution is -0.137. The molecule has 4 heteroatoms. The molecule has 1 aromatic carbocycles. The van der Waals surface area contributed by atoms with Gasteiger partial charge in [0.2, 0.25) is 0 Å². The molecule has 0 saturated heterocycles. The molecule has 1 aliphatic rings. The van der Waals surface area contributed by atoms with E-state index in [0.717, 1.165) is 36.1 Å². The minimum Gasteiger partial charge on any atom is -0.312 e. The van der Waals surface area contributed by atoms with Gasteiger partial charge in [0.05, 0.1) is 5.56 Å². The van der Waals surface area contributed by atoms with E-state index in [1.165, 1.54) is 18.6 Å². The molecule has 1 nitrogen and oxygen atoms in total. The molecule has 2 unspecified atom stereocenters. The van der Waals surface area contributed by atoms with Crippen LogP contribution in [0.2, 0.25) is 0 Å². The second kappa shape index (κ2) is 4.69. The van der Waals surface area contributed by atoms with Crippen LogP contribution < -0.4 is 5.32 Å². The Morgan fingerprint density at radius 1 is 1.24 bits per heavy atom. The van der Waals surface area contributed by atoms with Crippen LogP contribution in [0.25, 0.3) is 0 Å². The van der Waals surface area contributed by atoms with E-state index in [0.29, 0.717) is 6.54 Å². The molecule has 0 radical (unpaired) electrons. The normalized spacial score (nSPS) is 23.8. The third kappa shape index (κ3) is 3.46. The summed E-state index contributed by atoms with van der Waals surface area (Å²) < 4.78 is 36.9. The van der Waals surface area contributed by atoms with Crippen molar-refractivity contribution in [3.63, 3.8) is 0 Å². The fourth-order valence-corrected chi connectivity index (χ4v) is 1.90. The van der Waals surface area contributed by atoms with E-state index >= 15 is 0 Å². The van der Waals surface area contributed by atoms with E-state index in [9.17, 15) is 13.2 Å². The Bertz CT molecular complexity index is 369. The molecule has 0 heterocycles. The maximum Gasteiger partial charge on any atom is 0.416 e. The summed E-state index contributed by atoms with van der Waals surface area (Å²) in [5.41, 5.74) is 0.309. The van der Waals surface area contributed by atoms with Crippen LogP contribution in [0.3, 0.4) is 0 Å². The second-order valence-electron chi connectivity index (χ2n) is 4.80. The Hall–Kier alpha value is -1.03. The van der Waals surface area contributed by atoms with Gasteiger partial charge in [-0.2, -0.15) is 13.2 Å². The van der Waals surface area contributed by atoms with E-state index in [-0.39, 0.29) is 0 Å². The molecular weight excluding hydrogens is 227 g/mol. The molecule has 1 N–H and O–H groups in total. The summed E-state index contributed by atoms with van der Waals surface area (Å²) in [5.74, 6) is 1.56. The predicted octanol–water partition coefficient (Wildman–Crippen LogP) is 3.45. The lowest BCUT2D eigenvalue weighted by Crippen LogP contribution is -2.16. The van der Waals surface area contributed by atoms with Crippen LogP contribution in [0.1, 0.15) is 24.5 Å². The van der Waals surface area contributed by atoms with Crippen LogP contribution in [-0.4, -0.2) is 6.54 Å². The van der Waals surface area contributed by atoms with Crippen molar-refractivity contribution in [3.05, 3.63) is 35.4 Å². The molecule has 2 atom stereocenters. The largest absolute Gasteiger partial charge is 0.416 e. The van der Waals surface area contributed by atoms with Crippen LogP contribution in [0, 0.1) is 11.8 Å². The molecule has 0 aromatic heterocycles. The quantitative estimate of drug-likeness (QED) is 0.854. The molecule has 0 bridgehead atoms. The van der Waals surface area contributed by atoms with Gasteiger partial charge in [-0.05, 0) is 42.5 Å². The van der Waals surface area contributed by atoms with Crippen LogP contribution in [0.15, 0.2) is 24.3 Å². The summed E-state index contributed by atoms with van der Waals surface area (Å²) in [6.07, 6.45) is -2.98. The Kier molecular flexibility index (Phi) is 3.43. The van der Waals surface area contributed by atoms with Crippen molar-refractivity contribution >= 4 is 0 Å². The van der Waals surface area contributed by atoms with Gasteiger partial charge in [0.15, 0.2) is 0 Å². The molecule has 0 aliphatic heterocycles. The zero-order valence-electron chi connectivity index (χ0n) is 9.72. The summed E-state index contributed by atoms with van der Waals surface area (Å²) in [6.45, 7) is 3.81. The Morgan fingerprint density at radius 3 is 2.29 bits per heavy atom. The zero-order valence-corrected chi connectivity index (χ0v) is 9.72. The van der Waals surface area contributed by atoms with Gasteiger partial charge in [0, 0.05) is 6.54 Å². The SMILES string of the molecule is CC1CC1CNCc1ccc(C(F)(F)F)cc1. The van der Waals surface area contributed by atoms with Gasteiger partial charge in [0.25, 0.3) is 0 Å². The Labute approximate surface area is 99.0 Å². The van der Waals surface area contributed by atoms with Gasteiger partial charge in [-0.3, -0.25) is 0 Å². The van der Waals surface area contributed by atoms with Crippen LogP contribution in [-0.2, 0) is 12.7 Å². The summed E-state index contributed by atoms with van der Waals surface area (Å²) in [6, 6.07) is 5.34. The summed E-state index contributed by atoms with van der Waals surface area (Å²) >= 11 is 0. The molecule has 1 aliphatic carbocycles. The molecule has 1 saturated carbocycles. The van der Waals surface area contributed by atoms with Gasteiger partial charge in [0.1, 0.15) is 0 Å². The second-order valence-corrected chi connectivity index (χ2v) is 4.80. The first-order valence-electron chi connectivity index (χ1n) is 5.83. The average molecular weight is 243 g/mol. The minimum atomic E-state index is -4.24. The molecule has 0 spiro atoms.